The zero-order chi connectivity index (χ0) is 15.5. The zero-order valence-electron chi connectivity index (χ0n) is 12.4. The van der Waals surface area contributed by atoms with Gasteiger partial charge >= 0.3 is 5.97 Å². The normalized spacial score (nSPS) is 11.4. The molecule has 1 N–H and O–H groups in total. The molecule has 0 saturated carbocycles. The topological polar surface area (TPSA) is 59.4 Å². The number of thiazole rings is 1. The molecule has 0 aliphatic carbocycles. The summed E-state index contributed by atoms with van der Waals surface area (Å²) in [7, 11) is 0. The third-order valence-electron chi connectivity index (χ3n) is 2.96. The molecular formula is C16H19NO3S. The molecule has 112 valence electrons. The van der Waals surface area contributed by atoms with Crippen molar-refractivity contribution < 1.29 is 14.6 Å². The maximum Gasteiger partial charge on any atom is 0.307 e. The van der Waals surface area contributed by atoms with Crippen LogP contribution in [0.1, 0.15) is 37.0 Å². The molecule has 0 unspecified atom stereocenters. The number of carboxylic acids is 1. The quantitative estimate of drug-likeness (QED) is 0.916. The first kappa shape index (κ1) is 15.5. The second kappa shape index (κ2) is 6.26. The lowest BCUT2D eigenvalue weighted by atomic mass is 9.93. The zero-order valence-corrected chi connectivity index (χ0v) is 13.2. The maximum atomic E-state index is 10.6. The van der Waals surface area contributed by atoms with E-state index in [9.17, 15) is 4.79 Å². The molecular weight excluding hydrogens is 286 g/mol. The van der Waals surface area contributed by atoms with Gasteiger partial charge in [0.25, 0.3) is 0 Å². The highest BCUT2D eigenvalue weighted by Crippen LogP contribution is 2.24. The van der Waals surface area contributed by atoms with Gasteiger partial charge in [0.15, 0.2) is 0 Å². The van der Waals surface area contributed by atoms with Crippen molar-refractivity contribution in [3.05, 3.63) is 45.9 Å². The molecule has 0 fully saturated rings. The Morgan fingerprint density at radius 1 is 1.29 bits per heavy atom. The minimum Gasteiger partial charge on any atom is -0.486 e. The highest BCUT2D eigenvalue weighted by atomic mass is 32.1. The maximum absolute atomic E-state index is 10.6. The van der Waals surface area contributed by atoms with Gasteiger partial charge in [0.05, 0.1) is 12.1 Å². The summed E-state index contributed by atoms with van der Waals surface area (Å²) in [6, 6.07) is 7.12. The second-order valence-corrected chi connectivity index (χ2v) is 6.82. The van der Waals surface area contributed by atoms with Gasteiger partial charge in [-0.15, -0.1) is 11.3 Å². The summed E-state index contributed by atoms with van der Waals surface area (Å²) in [5, 5.41) is 11.7. The number of benzene rings is 1. The van der Waals surface area contributed by atoms with E-state index in [0.29, 0.717) is 6.61 Å². The Morgan fingerprint density at radius 3 is 2.48 bits per heavy atom. The average Bonchev–Trinajstić information content (AvgIpc) is 2.86. The summed E-state index contributed by atoms with van der Waals surface area (Å²) < 4.78 is 5.68. The van der Waals surface area contributed by atoms with Crippen LogP contribution in [0.5, 0.6) is 5.75 Å². The minimum absolute atomic E-state index is 0.0295. The van der Waals surface area contributed by atoms with E-state index in [4.69, 9.17) is 9.84 Å². The molecule has 1 aromatic heterocycles. The van der Waals surface area contributed by atoms with E-state index in [1.807, 2.05) is 0 Å². The minimum atomic E-state index is -0.832. The Bertz CT molecular complexity index is 611. The summed E-state index contributed by atoms with van der Waals surface area (Å²) in [6.45, 7) is 6.83. The number of rotatable bonds is 5. The molecule has 4 nitrogen and oxygen atoms in total. The van der Waals surface area contributed by atoms with E-state index in [2.05, 4.69) is 31.1 Å². The van der Waals surface area contributed by atoms with Crippen LogP contribution in [0.25, 0.3) is 0 Å². The van der Waals surface area contributed by atoms with Gasteiger partial charge in [-0.2, -0.15) is 0 Å². The van der Waals surface area contributed by atoms with E-state index >= 15 is 0 Å². The monoisotopic (exact) mass is 305 g/mol. The van der Waals surface area contributed by atoms with E-state index in [1.54, 1.807) is 35.6 Å². The van der Waals surface area contributed by atoms with Crippen LogP contribution in [0, 0.1) is 0 Å². The van der Waals surface area contributed by atoms with E-state index in [1.165, 1.54) is 0 Å². The first-order valence-electron chi connectivity index (χ1n) is 6.73. The molecule has 0 atom stereocenters. The molecule has 0 aliphatic heterocycles. The number of carbonyl (C=O) groups is 1. The van der Waals surface area contributed by atoms with Gasteiger partial charge in [-0.25, -0.2) is 4.98 Å². The molecule has 0 spiro atoms. The van der Waals surface area contributed by atoms with Crippen LogP contribution in [-0.2, 0) is 23.2 Å². The van der Waals surface area contributed by atoms with E-state index in [0.717, 1.165) is 22.0 Å². The number of nitrogens with zero attached hydrogens (tertiary/aromatic N) is 1. The molecule has 0 amide bonds. The average molecular weight is 305 g/mol. The molecule has 1 heterocycles. The summed E-state index contributed by atoms with van der Waals surface area (Å²) in [4.78, 5) is 15.2. The molecule has 2 rings (SSSR count). The van der Waals surface area contributed by atoms with Crippen LogP contribution in [0.3, 0.4) is 0 Å². The fourth-order valence-electron chi connectivity index (χ4n) is 1.74. The van der Waals surface area contributed by atoms with Crippen molar-refractivity contribution >= 4 is 17.3 Å². The highest BCUT2D eigenvalue weighted by molar-refractivity contribution is 7.09. The summed E-state index contributed by atoms with van der Waals surface area (Å²) in [6.07, 6.45) is 0.0295. The van der Waals surface area contributed by atoms with Gasteiger partial charge in [-0.1, -0.05) is 32.9 Å². The largest absolute Gasteiger partial charge is 0.486 e. The van der Waals surface area contributed by atoms with Gasteiger partial charge in [0, 0.05) is 10.8 Å². The van der Waals surface area contributed by atoms with Crippen molar-refractivity contribution in [1.29, 1.82) is 0 Å². The summed E-state index contributed by atoms with van der Waals surface area (Å²) in [5.74, 6) is -0.113. The van der Waals surface area contributed by atoms with Gasteiger partial charge in [0.2, 0.25) is 0 Å². The van der Waals surface area contributed by atoms with Crippen molar-refractivity contribution in [3.63, 3.8) is 0 Å². The summed E-state index contributed by atoms with van der Waals surface area (Å²) >= 11 is 1.59. The Balaban J connectivity index is 1.94. The number of ether oxygens (including phenoxy) is 1. The predicted molar refractivity (Wildman–Crippen MR) is 82.9 cm³/mol. The Morgan fingerprint density at radius 2 is 1.95 bits per heavy atom. The van der Waals surface area contributed by atoms with Crippen molar-refractivity contribution in [2.24, 2.45) is 0 Å². The molecule has 0 radical (unpaired) electrons. The molecule has 1 aromatic carbocycles. The Hall–Kier alpha value is -1.88. The lowest BCUT2D eigenvalue weighted by Gasteiger charge is -2.14. The molecule has 2 aromatic rings. The van der Waals surface area contributed by atoms with E-state index in [-0.39, 0.29) is 11.8 Å². The van der Waals surface area contributed by atoms with Crippen LogP contribution in [0.4, 0.5) is 0 Å². The number of aliphatic carboxylic acids is 1. The molecule has 0 bridgehead atoms. The summed E-state index contributed by atoms with van der Waals surface area (Å²) in [5.41, 5.74) is 1.88. The standard InChI is InChI=1S/C16H19NO3S/c1-16(2,3)13-10-21-14(17-13)9-20-12-6-4-11(5-7-12)8-15(18)19/h4-7,10H,8-9H2,1-3H3,(H,18,19). The first-order valence-corrected chi connectivity index (χ1v) is 7.61. The molecule has 0 saturated heterocycles. The molecule has 5 heteroatoms. The van der Waals surface area contributed by atoms with Crippen LogP contribution in [0.2, 0.25) is 0 Å². The molecule has 21 heavy (non-hydrogen) atoms. The van der Waals surface area contributed by atoms with Crippen LogP contribution in [-0.4, -0.2) is 16.1 Å². The van der Waals surface area contributed by atoms with Crippen LogP contribution < -0.4 is 4.74 Å². The Labute approximate surface area is 128 Å². The lowest BCUT2D eigenvalue weighted by Crippen LogP contribution is -2.11. The van der Waals surface area contributed by atoms with Gasteiger partial charge in [0.1, 0.15) is 17.4 Å². The highest BCUT2D eigenvalue weighted by Gasteiger charge is 2.17. The fourth-order valence-corrected chi connectivity index (χ4v) is 2.68. The van der Waals surface area contributed by atoms with Gasteiger partial charge < -0.3 is 9.84 Å². The molecule has 0 aliphatic rings. The smallest absolute Gasteiger partial charge is 0.307 e. The third kappa shape index (κ3) is 4.56. The number of hydrogen-bond donors (Lipinski definition) is 1. The van der Waals surface area contributed by atoms with Crippen LogP contribution in [0.15, 0.2) is 29.6 Å². The number of carboxylic acid groups (broad SMARTS) is 1. The fraction of sp³-hybridized carbons (Fsp3) is 0.375. The second-order valence-electron chi connectivity index (χ2n) is 5.88. The third-order valence-corrected chi connectivity index (χ3v) is 3.78. The van der Waals surface area contributed by atoms with E-state index < -0.39 is 5.97 Å². The van der Waals surface area contributed by atoms with Crippen molar-refractivity contribution in [2.45, 2.75) is 39.2 Å². The first-order chi connectivity index (χ1) is 9.84. The lowest BCUT2D eigenvalue weighted by molar-refractivity contribution is -0.136. The number of aromatic nitrogens is 1. The van der Waals surface area contributed by atoms with Crippen LogP contribution >= 0.6 is 11.3 Å². The Kier molecular flexibility index (Phi) is 4.63. The number of hydrogen-bond acceptors (Lipinski definition) is 4. The SMILES string of the molecule is CC(C)(C)c1csc(COc2ccc(CC(=O)O)cc2)n1. The van der Waals surface area contributed by atoms with Gasteiger partial charge in [-0.3, -0.25) is 4.79 Å². The van der Waals surface area contributed by atoms with Crippen molar-refractivity contribution in [1.82, 2.24) is 4.98 Å². The van der Waals surface area contributed by atoms with Crippen molar-refractivity contribution in [2.75, 3.05) is 0 Å². The van der Waals surface area contributed by atoms with Gasteiger partial charge in [-0.05, 0) is 17.7 Å². The van der Waals surface area contributed by atoms with Crippen molar-refractivity contribution in [3.8, 4) is 5.75 Å². The predicted octanol–water partition coefficient (Wildman–Crippen LogP) is 3.65.